The Hall–Kier alpha value is -1.63. The van der Waals surface area contributed by atoms with E-state index in [0.717, 1.165) is 48.1 Å². The number of aromatic nitrogens is 1. The second-order valence-electron chi connectivity index (χ2n) is 7.31. The molecule has 1 aromatic heterocycles. The monoisotopic (exact) mass is 439 g/mol. The maximum atomic E-state index is 11.7. The summed E-state index contributed by atoms with van der Waals surface area (Å²) >= 11 is 3.55. The minimum Gasteiger partial charge on any atom is -0.474 e. The van der Waals surface area contributed by atoms with Crippen molar-refractivity contribution in [2.45, 2.75) is 65.6 Å². The number of aliphatic imine (C=N–C) groups is 1. The van der Waals surface area contributed by atoms with Gasteiger partial charge in [-0.25, -0.2) is 9.98 Å². The van der Waals surface area contributed by atoms with Crippen molar-refractivity contribution >= 4 is 33.9 Å². The van der Waals surface area contributed by atoms with Gasteiger partial charge in [0.2, 0.25) is 5.88 Å². The van der Waals surface area contributed by atoms with Gasteiger partial charge in [0, 0.05) is 13.6 Å². The number of aryl methyl sites for hydroxylation is 1. The third kappa shape index (κ3) is 6.48. The Morgan fingerprint density at radius 1 is 1.37 bits per heavy atom. The number of pyridine rings is 1. The third-order valence-electron chi connectivity index (χ3n) is 4.65. The van der Waals surface area contributed by atoms with Crippen LogP contribution in [0.5, 0.6) is 5.88 Å². The predicted octanol–water partition coefficient (Wildman–Crippen LogP) is 4.65. The molecule has 0 aliphatic heterocycles. The molecular formula is C20H30BrN3O3. The molecule has 150 valence electrons. The van der Waals surface area contributed by atoms with Crippen molar-refractivity contribution in [2.24, 2.45) is 10.9 Å². The Labute approximate surface area is 170 Å². The summed E-state index contributed by atoms with van der Waals surface area (Å²) in [6.07, 6.45) is 5.25. The second-order valence-corrected chi connectivity index (χ2v) is 8.16. The highest BCUT2D eigenvalue weighted by molar-refractivity contribution is 9.10. The summed E-state index contributed by atoms with van der Waals surface area (Å²) in [4.78, 5) is 22.8. The van der Waals surface area contributed by atoms with Gasteiger partial charge in [0.15, 0.2) is 0 Å². The standard InChI is InChI=1S/C20H30BrN3O3/c1-6-24(5)12-22-18-11-17(21)19(23-14(18)4)26-15-7-9-16(10-8-15)27-20(25)13(2)3/h11-13,15-16H,6-10H2,1-5H3/b22-12+. The Bertz CT molecular complexity index is 671. The maximum absolute atomic E-state index is 11.7. The molecule has 0 saturated heterocycles. The summed E-state index contributed by atoms with van der Waals surface area (Å²) in [5, 5.41) is 0. The molecule has 1 aromatic rings. The van der Waals surface area contributed by atoms with Crippen LogP contribution < -0.4 is 4.74 Å². The summed E-state index contributed by atoms with van der Waals surface area (Å²) in [6, 6.07) is 1.94. The number of carbonyl (C=O) groups excluding carboxylic acids is 1. The molecule has 0 spiro atoms. The van der Waals surface area contributed by atoms with Gasteiger partial charge in [-0.15, -0.1) is 0 Å². The van der Waals surface area contributed by atoms with E-state index >= 15 is 0 Å². The Morgan fingerprint density at radius 2 is 2.00 bits per heavy atom. The van der Waals surface area contributed by atoms with Gasteiger partial charge in [-0.1, -0.05) is 13.8 Å². The SMILES string of the molecule is CCN(C)/C=N/c1cc(Br)c(OC2CCC(OC(=O)C(C)C)CC2)nc1C. The van der Waals surface area contributed by atoms with Crippen molar-refractivity contribution in [1.82, 2.24) is 9.88 Å². The molecule has 0 bridgehead atoms. The molecule has 6 nitrogen and oxygen atoms in total. The largest absolute Gasteiger partial charge is 0.474 e. The highest BCUT2D eigenvalue weighted by atomic mass is 79.9. The highest BCUT2D eigenvalue weighted by Gasteiger charge is 2.26. The first-order valence-corrected chi connectivity index (χ1v) is 10.4. The molecule has 7 heteroatoms. The number of nitrogens with zero attached hydrogens (tertiary/aromatic N) is 3. The van der Waals surface area contributed by atoms with E-state index in [-0.39, 0.29) is 24.1 Å². The Kier molecular flexibility index (Phi) is 8.07. The Morgan fingerprint density at radius 3 is 2.59 bits per heavy atom. The van der Waals surface area contributed by atoms with Crippen molar-refractivity contribution in [3.8, 4) is 5.88 Å². The highest BCUT2D eigenvalue weighted by Crippen LogP contribution is 2.32. The van der Waals surface area contributed by atoms with Crippen molar-refractivity contribution in [1.29, 1.82) is 0 Å². The Balaban J connectivity index is 1.94. The van der Waals surface area contributed by atoms with Gasteiger partial charge < -0.3 is 14.4 Å². The topological polar surface area (TPSA) is 64.0 Å². The van der Waals surface area contributed by atoms with Crippen LogP contribution in [0.2, 0.25) is 0 Å². The molecule has 1 heterocycles. The lowest BCUT2D eigenvalue weighted by molar-refractivity contribution is -0.155. The summed E-state index contributed by atoms with van der Waals surface area (Å²) < 4.78 is 12.4. The lowest BCUT2D eigenvalue weighted by Gasteiger charge is -2.29. The molecule has 0 unspecified atom stereocenters. The van der Waals surface area contributed by atoms with E-state index in [4.69, 9.17) is 9.47 Å². The summed E-state index contributed by atoms with van der Waals surface area (Å²) in [5.74, 6) is 0.391. The van der Waals surface area contributed by atoms with Crippen LogP contribution in [0.25, 0.3) is 0 Å². The number of carbonyl (C=O) groups is 1. The van der Waals surface area contributed by atoms with E-state index in [1.54, 1.807) is 6.34 Å². The average molecular weight is 440 g/mol. The minimum absolute atomic E-state index is 0.00477. The third-order valence-corrected chi connectivity index (χ3v) is 5.22. The lowest BCUT2D eigenvalue weighted by Crippen LogP contribution is -2.31. The van der Waals surface area contributed by atoms with Crippen LogP contribution in [-0.2, 0) is 9.53 Å². The van der Waals surface area contributed by atoms with Crippen molar-refractivity contribution < 1.29 is 14.3 Å². The molecule has 0 radical (unpaired) electrons. The fraction of sp³-hybridized carbons (Fsp3) is 0.650. The zero-order valence-corrected chi connectivity index (χ0v) is 18.5. The molecular weight excluding hydrogens is 410 g/mol. The molecule has 1 saturated carbocycles. The predicted molar refractivity (Wildman–Crippen MR) is 111 cm³/mol. The molecule has 1 aliphatic rings. The van der Waals surface area contributed by atoms with E-state index in [1.165, 1.54) is 0 Å². The molecule has 1 aliphatic carbocycles. The molecule has 1 fully saturated rings. The molecule has 27 heavy (non-hydrogen) atoms. The van der Waals surface area contributed by atoms with Crippen LogP contribution in [0.4, 0.5) is 5.69 Å². The van der Waals surface area contributed by atoms with E-state index in [0.29, 0.717) is 5.88 Å². The minimum atomic E-state index is -0.121. The zero-order chi connectivity index (χ0) is 20.0. The molecule has 2 rings (SSSR count). The van der Waals surface area contributed by atoms with E-state index in [1.807, 2.05) is 38.8 Å². The fourth-order valence-electron chi connectivity index (χ4n) is 2.73. The molecule has 0 N–H and O–H groups in total. The number of hydrogen-bond donors (Lipinski definition) is 0. The zero-order valence-electron chi connectivity index (χ0n) is 16.9. The maximum Gasteiger partial charge on any atom is 0.308 e. The summed E-state index contributed by atoms with van der Waals surface area (Å²) in [5.41, 5.74) is 1.65. The summed E-state index contributed by atoms with van der Waals surface area (Å²) in [7, 11) is 1.98. The van der Waals surface area contributed by atoms with Gasteiger partial charge in [-0.3, -0.25) is 4.79 Å². The van der Waals surface area contributed by atoms with Gasteiger partial charge in [-0.05, 0) is 61.5 Å². The molecule has 0 amide bonds. The first-order chi connectivity index (χ1) is 12.8. The number of hydrogen-bond acceptors (Lipinski definition) is 5. The van der Waals surface area contributed by atoms with Crippen LogP contribution in [-0.4, -0.2) is 48.0 Å². The number of rotatable bonds is 7. The first kappa shape index (κ1) is 21.7. The van der Waals surface area contributed by atoms with Crippen LogP contribution >= 0.6 is 15.9 Å². The van der Waals surface area contributed by atoms with Crippen LogP contribution in [0.15, 0.2) is 15.5 Å². The normalized spacial score (nSPS) is 20.1. The van der Waals surface area contributed by atoms with E-state index in [9.17, 15) is 4.79 Å². The number of esters is 1. The van der Waals surface area contributed by atoms with E-state index in [2.05, 4.69) is 32.8 Å². The molecule has 0 aromatic carbocycles. The van der Waals surface area contributed by atoms with Gasteiger partial charge in [0.05, 0.1) is 28.1 Å². The van der Waals surface area contributed by atoms with Crippen LogP contribution in [0.3, 0.4) is 0 Å². The first-order valence-electron chi connectivity index (χ1n) is 9.58. The second kappa shape index (κ2) is 10.1. The van der Waals surface area contributed by atoms with Crippen molar-refractivity contribution in [3.05, 3.63) is 16.2 Å². The van der Waals surface area contributed by atoms with Crippen LogP contribution in [0, 0.1) is 12.8 Å². The van der Waals surface area contributed by atoms with Gasteiger partial charge >= 0.3 is 5.97 Å². The van der Waals surface area contributed by atoms with Crippen molar-refractivity contribution in [2.75, 3.05) is 13.6 Å². The molecule has 0 atom stereocenters. The number of ether oxygens (including phenoxy) is 2. The summed E-state index contributed by atoms with van der Waals surface area (Å²) in [6.45, 7) is 8.61. The lowest BCUT2D eigenvalue weighted by atomic mass is 9.95. The van der Waals surface area contributed by atoms with Gasteiger partial charge in [0.1, 0.15) is 12.2 Å². The average Bonchev–Trinajstić information content (AvgIpc) is 2.64. The fourth-order valence-corrected chi connectivity index (χ4v) is 3.13. The van der Waals surface area contributed by atoms with Crippen molar-refractivity contribution in [3.63, 3.8) is 0 Å². The smallest absolute Gasteiger partial charge is 0.308 e. The van der Waals surface area contributed by atoms with Crippen LogP contribution in [0.1, 0.15) is 52.1 Å². The number of halogens is 1. The van der Waals surface area contributed by atoms with E-state index < -0.39 is 0 Å². The van der Waals surface area contributed by atoms with Gasteiger partial charge in [-0.2, -0.15) is 0 Å². The van der Waals surface area contributed by atoms with Gasteiger partial charge in [0.25, 0.3) is 0 Å². The quantitative estimate of drug-likeness (QED) is 0.351.